The lowest BCUT2D eigenvalue weighted by Gasteiger charge is -1.97. The van der Waals surface area contributed by atoms with Crippen LogP contribution in [0.5, 0.6) is 0 Å². The van der Waals surface area contributed by atoms with Gasteiger partial charge in [-0.2, -0.15) is 0 Å². The van der Waals surface area contributed by atoms with Gasteiger partial charge in [0, 0.05) is 5.39 Å². The Labute approximate surface area is 89.7 Å². The van der Waals surface area contributed by atoms with Crippen molar-refractivity contribution < 1.29 is 9.52 Å². The molecule has 0 aliphatic heterocycles. The van der Waals surface area contributed by atoms with Crippen LogP contribution in [0.4, 0.5) is 0 Å². The van der Waals surface area contributed by atoms with E-state index in [1.54, 1.807) is 0 Å². The zero-order valence-corrected chi connectivity index (χ0v) is 9.33. The van der Waals surface area contributed by atoms with E-state index in [9.17, 15) is 0 Å². The van der Waals surface area contributed by atoms with Gasteiger partial charge in [0.05, 0.1) is 10.2 Å². The van der Waals surface area contributed by atoms with Gasteiger partial charge in [-0.05, 0) is 53.3 Å². The Hall–Kier alpha value is -0.550. The second-order valence-corrected chi connectivity index (χ2v) is 4.17. The van der Waals surface area contributed by atoms with Gasteiger partial charge in [-0.25, -0.2) is 0 Å². The topological polar surface area (TPSA) is 33.4 Å². The molecule has 0 aliphatic carbocycles. The normalized spacial score (nSPS) is 11.0. The molecule has 2 rings (SSSR count). The molecule has 0 spiro atoms. The minimum absolute atomic E-state index is 0.0795. The van der Waals surface area contributed by atoms with Crippen molar-refractivity contribution >= 4 is 33.6 Å². The molecule has 2 nitrogen and oxygen atoms in total. The number of fused-ring (bicyclic) bond motifs is 1. The molecule has 0 fully saturated rings. The van der Waals surface area contributed by atoms with Gasteiger partial charge in [0.1, 0.15) is 11.3 Å². The number of halogens is 1. The molecule has 1 aromatic carbocycles. The van der Waals surface area contributed by atoms with Crippen molar-refractivity contribution in [3.8, 4) is 0 Å². The molecule has 1 aromatic heterocycles. The van der Waals surface area contributed by atoms with E-state index >= 15 is 0 Å². The van der Waals surface area contributed by atoms with Crippen molar-refractivity contribution in [2.24, 2.45) is 0 Å². The lowest BCUT2D eigenvalue weighted by molar-refractivity contribution is 0.282. The van der Waals surface area contributed by atoms with Crippen LogP contribution in [0.1, 0.15) is 11.3 Å². The van der Waals surface area contributed by atoms with E-state index in [1.807, 2.05) is 25.1 Å². The van der Waals surface area contributed by atoms with Crippen LogP contribution in [-0.2, 0) is 6.61 Å². The SMILES string of the molecule is Cc1cc2cc(CO)cc(I)c2o1. The van der Waals surface area contributed by atoms with Crippen molar-refractivity contribution in [2.45, 2.75) is 13.5 Å². The molecule has 0 radical (unpaired) electrons. The van der Waals surface area contributed by atoms with Gasteiger partial charge in [-0.3, -0.25) is 0 Å². The Morgan fingerprint density at radius 3 is 2.85 bits per heavy atom. The number of hydrogen-bond donors (Lipinski definition) is 1. The molecule has 13 heavy (non-hydrogen) atoms. The van der Waals surface area contributed by atoms with E-state index in [-0.39, 0.29) is 6.61 Å². The summed E-state index contributed by atoms with van der Waals surface area (Å²) in [6.45, 7) is 2.00. The van der Waals surface area contributed by atoms with E-state index in [4.69, 9.17) is 9.52 Å². The first-order valence-corrected chi connectivity index (χ1v) is 5.08. The highest BCUT2D eigenvalue weighted by atomic mass is 127. The third kappa shape index (κ3) is 1.58. The molecule has 3 heteroatoms. The molecule has 0 bridgehead atoms. The van der Waals surface area contributed by atoms with Crippen LogP contribution in [-0.4, -0.2) is 5.11 Å². The summed E-state index contributed by atoms with van der Waals surface area (Å²) >= 11 is 2.22. The van der Waals surface area contributed by atoms with E-state index in [0.717, 1.165) is 25.9 Å². The Bertz CT molecular complexity index is 445. The van der Waals surface area contributed by atoms with Crippen molar-refractivity contribution in [2.75, 3.05) is 0 Å². The predicted octanol–water partition coefficient (Wildman–Crippen LogP) is 2.84. The molecule has 68 valence electrons. The number of hydrogen-bond acceptors (Lipinski definition) is 2. The molecular formula is C10H9IO2. The van der Waals surface area contributed by atoms with E-state index in [1.165, 1.54) is 0 Å². The number of furan rings is 1. The fourth-order valence-electron chi connectivity index (χ4n) is 1.39. The lowest BCUT2D eigenvalue weighted by Crippen LogP contribution is -1.83. The van der Waals surface area contributed by atoms with Crippen LogP contribution in [0.25, 0.3) is 11.0 Å². The van der Waals surface area contributed by atoms with Gasteiger partial charge in [-0.1, -0.05) is 0 Å². The van der Waals surface area contributed by atoms with Crippen molar-refractivity contribution in [1.82, 2.24) is 0 Å². The van der Waals surface area contributed by atoms with Gasteiger partial charge >= 0.3 is 0 Å². The maximum Gasteiger partial charge on any atom is 0.147 e. The van der Waals surface area contributed by atoms with Gasteiger partial charge in [0.15, 0.2) is 0 Å². The second-order valence-electron chi connectivity index (χ2n) is 3.01. The number of benzene rings is 1. The fourth-order valence-corrected chi connectivity index (χ4v) is 2.21. The maximum atomic E-state index is 8.99. The predicted molar refractivity (Wildman–Crippen MR) is 59.6 cm³/mol. The average Bonchev–Trinajstić information content (AvgIpc) is 2.46. The van der Waals surface area contributed by atoms with E-state index < -0.39 is 0 Å². The summed E-state index contributed by atoms with van der Waals surface area (Å²) in [5.74, 6) is 0.906. The van der Waals surface area contributed by atoms with Crippen molar-refractivity contribution in [1.29, 1.82) is 0 Å². The largest absolute Gasteiger partial charge is 0.460 e. The van der Waals surface area contributed by atoms with Gasteiger partial charge in [0.2, 0.25) is 0 Å². The first kappa shape index (κ1) is 9.02. The van der Waals surface area contributed by atoms with Crippen LogP contribution in [0, 0.1) is 10.5 Å². The molecule has 1 N–H and O–H groups in total. The summed E-state index contributed by atoms with van der Waals surface area (Å²) in [7, 11) is 0. The highest BCUT2D eigenvalue weighted by Gasteiger charge is 2.05. The third-order valence-corrected chi connectivity index (χ3v) is 2.74. The highest BCUT2D eigenvalue weighted by molar-refractivity contribution is 14.1. The minimum Gasteiger partial charge on any atom is -0.460 e. The summed E-state index contributed by atoms with van der Waals surface area (Å²) in [4.78, 5) is 0. The fraction of sp³-hybridized carbons (Fsp3) is 0.200. The molecule has 1 heterocycles. The number of aliphatic hydroxyl groups excluding tert-OH is 1. The first-order chi connectivity index (χ1) is 6.20. The van der Waals surface area contributed by atoms with Gasteiger partial charge < -0.3 is 9.52 Å². The van der Waals surface area contributed by atoms with Crippen LogP contribution in [0.3, 0.4) is 0 Å². The Kier molecular flexibility index (Phi) is 2.29. The Morgan fingerprint density at radius 2 is 2.15 bits per heavy atom. The lowest BCUT2D eigenvalue weighted by atomic mass is 10.2. The molecule has 0 amide bonds. The van der Waals surface area contributed by atoms with Crippen LogP contribution in [0.2, 0.25) is 0 Å². The van der Waals surface area contributed by atoms with Crippen molar-refractivity contribution in [3.63, 3.8) is 0 Å². The average molecular weight is 288 g/mol. The van der Waals surface area contributed by atoms with E-state index in [2.05, 4.69) is 22.6 Å². The molecular weight excluding hydrogens is 279 g/mol. The minimum atomic E-state index is 0.0795. The Morgan fingerprint density at radius 1 is 1.38 bits per heavy atom. The summed E-state index contributed by atoms with van der Waals surface area (Å²) in [5, 5.41) is 10.1. The summed E-state index contributed by atoms with van der Waals surface area (Å²) in [6.07, 6.45) is 0. The quantitative estimate of drug-likeness (QED) is 0.819. The zero-order chi connectivity index (χ0) is 9.42. The Balaban J connectivity index is 2.75. The van der Waals surface area contributed by atoms with Crippen LogP contribution in [0.15, 0.2) is 22.6 Å². The van der Waals surface area contributed by atoms with Crippen LogP contribution < -0.4 is 0 Å². The molecule has 0 saturated heterocycles. The zero-order valence-electron chi connectivity index (χ0n) is 7.17. The standard InChI is InChI=1S/C10H9IO2/c1-6-2-8-3-7(5-12)4-9(11)10(8)13-6/h2-4,12H,5H2,1H3. The van der Waals surface area contributed by atoms with Crippen molar-refractivity contribution in [3.05, 3.63) is 33.1 Å². The van der Waals surface area contributed by atoms with E-state index in [0.29, 0.717) is 0 Å². The van der Waals surface area contributed by atoms with Crippen LogP contribution >= 0.6 is 22.6 Å². The number of aryl methyl sites for hydroxylation is 1. The summed E-state index contributed by atoms with van der Waals surface area (Å²) in [6, 6.07) is 5.87. The first-order valence-electron chi connectivity index (χ1n) is 4.00. The van der Waals surface area contributed by atoms with Gasteiger partial charge in [0.25, 0.3) is 0 Å². The highest BCUT2D eigenvalue weighted by Crippen LogP contribution is 2.25. The smallest absolute Gasteiger partial charge is 0.147 e. The maximum absolute atomic E-state index is 8.99. The van der Waals surface area contributed by atoms with Gasteiger partial charge in [-0.15, -0.1) is 0 Å². The molecule has 2 aromatic rings. The molecule has 0 unspecified atom stereocenters. The monoisotopic (exact) mass is 288 g/mol. The second kappa shape index (κ2) is 3.31. The molecule has 0 atom stereocenters. The molecule has 0 aliphatic rings. The number of rotatable bonds is 1. The third-order valence-electron chi connectivity index (χ3n) is 1.94. The number of aliphatic hydroxyl groups is 1. The summed E-state index contributed by atoms with van der Waals surface area (Å²) < 4.78 is 6.56. The molecule has 0 saturated carbocycles. The summed E-state index contributed by atoms with van der Waals surface area (Å²) in [5.41, 5.74) is 1.84.